The number of aliphatic hydroxyl groups excluding tert-OH is 6. The Balaban J connectivity index is -0.000000154. The van der Waals surface area contributed by atoms with Gasteiger partial charge in [0.25, 0.3) is 0 Å². The summed E-state index contributed by atoms with van der Waals surface area (Å²) in [4.78, 5) is 90.7. The SMILES string of the molecule is O=C(CC[C@H](O)CO)OP(=O)([O-])[O-].O=C(CC[C@H](O)CO)OP(=O)([O-])[O-].O=C(CC[C@H](O)CO)OP(=O)([O-])[O-].[Al+3].[Al+3]. The standard InChI is InChI=1S/3C5H11O7P.2Al/c3*6-3-4(7)1-2-5(8)12-13(9,10)11;;/h3*4,6-7H,1-3H2,(H2,9,10,11);;/q;;;2*+3/p-6/t3*4-;;/m000../s1. The molecule has 234 valence electrons. The van der Waals surface area contributed by atoms with Crippen molar-refractivity contribution in [2.75, 3.05) is 19.8 Å². The molecule has 0 amide bonds. The summed E-state index contributed by atoms with van der Waals surface area (Å²) >= 11 is 0. The number of hydrogen-bond donors (Lipinski definition) is 6. The molecule has 0 aliphatic heterocycles. The third-order valence-electron chi connectivity index (χ3n) is 3.32. The summed E-state index contributed by atoms with van der Waals surface area (Å²) in [6.07, 6.45) is -5.14. The molecule has 41 heavy (non-hydrogen) atoms. The summed E-state index contributed by atoms with van der Waals surface area (Å²) in [6, 6.07) is 0. The third kappa shape index (κ3) is 44.3. The van der Waals surface area contributed by atoms with Gasteiger partial charge in [-0.1, -0.05) is 0 Å². The van der Waals surface area contributed by atoms with E-state index in [-0.39, 0.29) is 54.0 Å². The van der Waals surface area contributed by atoms with Gasteiger partial charge in [-0.05, 0) is 19.3 Å². The summed E-state index contributed by atoms with van der Waals surface area (Å²) in [5.74, 6) is -3.71. The molecule has 0 aliphatic rings. The monoisotopic (exact) mass is 690 g/mol. The first-order valence-corrected chi connectivity index (χ1v) is 14.5. The first-order valence-electron chi connectivity index (χ1n) is 10.1. The van der Waals surface area contributed by atoms with Crippen LogP contribution in [0.2, 0.25) is 0 Å². The molecular formula is C15H27Al2O21P3. The second-order valence-electron chi connectivity index (χ2n) is 6.86. The van der Waals surface area contributed by atoms with Crippen LogP contribution in [0.1, 0.15) is 38.5 Å². The number of aliphatic hydroxyl groups is 6. The normalized spacial score (nSPS) is 13.2. The van der Waals surface area contributed by atoms with E-state index in [1.54, 1.807) is 0 Å². The number of phosphoric ester groups is 3. The van der Waals surface area contributed by atoms with E-state index in [1.807, 2.05) is 0 Å². The van der Waals surface area contributed by atoms with E-state index in [4.69, 9.17) is 30.6 Å². The fourth-order valence-corrected chi connectivity index (χ4v) is 2.66. The van der Waals surface area contributed by atoms with Crippen LogP contribution in [-0.4, -0.2) is 121 Å². The summed E-state index contributed by atoms with van der Waals surface area (Å²) < 4.78 is 40.0. The van der Waals surface area contributed by atoms with E-state index < -0.39 is 98.8 Å². The Labute approximate surface area is 254 Å². The second kappa shape index (κ2) is 26.1. The fourth-order valence-electron chi connectivity index (χ4n) is 1.64. The van der Waals surface area contributed by atoms with E-state index in [9.17, 15) is 57.4 Å². The third-order valence-corrected chi connectivity index (χ3v) is 4.60. The van der Waals surface area contributed by atoms with Crippen molar-refractivity contribution in [2.45, 2.75) is 56.8 Å². The van der Waals surface area contributed by atoms with E-state index in [0.717, 1.165) is 0 Å². The van der Waals surface area contributed by atoms with Gasteiger partial charge in [0.05, 0.1) is 38.1 Å². The molecule has 0 aliphatic carbocycles. The van der Waals surface area contributed by atoms with Crippen LogP contribution in [0, 0.1) is 0 Å². The zero-order valence-corrected chi connectivity index (χ0v) is 25.9. The van der Waals surface area contributed by atoms with Gasteiger partial charge in [-0.2, -0.15) is 0 Å². The Hall–Kier alpha value is -0.315. The minimum atomic E-state index is -5.28. The predicted octanol–water partition coefficient (Wildman–Crippen LogP) is -8.29. The van der Waals surface area contributed by atoms with Crippen molar-refractivity contribution >= 4 is 76.1 Å². The topological polar surface area (TPSA) is 390 Å². The van der Waals surface area contributed by atoms with E-state index in [0.29, 0.717) is 0 Å². The first-order chi connectivity index (χ1) is 17.5. The molecule has 0 aromatic rings. The number of phosphoric acid groups is 3. The van der Waals surface area contributed by atoms with Crippen LogP contribution in [0.3, 0.4) is 0 Å². The van der Waals surface area contributed by atoms with Gasteiger partial charge in [-0.25, -0.2) is 0 Å². The van der Waals surface area contributed by atoms with Crippen molar-refractivity contribution in [1.29, 1.82) is 0 Å². The average molecular weight is 690 g/mol. The van der Waals surface area contributed by atoms with Gasteiger partial charge in [0.2, 0.25) is 0 Å². The Kier molecular flexibility index (Phi) is 32.1. The van der Waals surface area contributed by atoms with Crippen molar-refractivity contribution in [3.8, 4) is 0 Å². The van der Waals surface area contributed by atoms with Crippen LogP contribution in [0.15, 0.2) is 0 Å². The summed E-state index contributed by atoms with van der Waals surface area (Å²) in [6.45, 7) is -1.63. The van der Waals surface area contributed by atoms with Crippen LogP contribution < -0.4 is 29.4 Å². The molecule has 0 aromatic heterocycles. The molecular weight excluding hydrogens is 663 g/mol. The molecule has 0 unspecified atom stereocenters. The van der Waals surface area contributed by atoms with Gasteiger partial charge < -0.3 is 87.3 Å². The smallest absolute Gasteiger partial charge is 0.780 e. The van der Waals surface area contributed by atoms with E-state index >= 15 is 0 Å². The van der Waals surface area contributed by atoms with Gasteiger partial charge in [0.1, 0.15) is 23.5 Å². The molecule has 0 bridgehead atoms. The minimum Gasteiger partial charge on any atom is -0.780 e. The molecule has 0 saturated carbocycles. The van der Waals surface area contributed by atoms with Crippen molar-refractivity contribution in [3.05, 3.63) is 0 Å². The van der Waals surface area contributed by atoms with Gasteiger partial charge in [0, 0.05) is 19.3 Å². The second-order valence-corrected chi connectivity index (χ2v) is 10.1. The van der Waals surface area contributed by atoms with Crippen LogP contribution in [0.4, 0.5) is 0 Å². The molecule has 26 heteroatoms. The minimum absolute atomic E-state index is 0. The summed E-state index contributed by atoms with van der Waals surface area (Å²) in [7, 11) is -15.9. The Morgan fingerprint density at radius 2 is 0.683 bits per heavy atom. The van der Waals surface area contributed by atoms with Crippen LogP contribution in [0.25, 0.3) is 0 Å². The molecule has 21 nitrogen and oxygen atoms in total. The van der Waals surface area contributed by atoms with Gasteiger partial charge in [-0.3, -0.25) is 14.4 Å². The maximum absolute atomic E-state index is 10.5. The zero-order chi connectivity index (χ0) is 31.4. The Morgan fingerprint density at radius 1 is 0.512 bits per heavy atom. The molecule has 0 heterocycles. The van der Waals surface area contributed by atoms with Crippen molar-refractivity contribution in [3.63, 3.8) is 0 Å². The van der Waals surface area contributed by atoms with Gasteiger partial charge >= 0.3 is 52.6 Å². The Morgan fingerprint density at radius 3 is 0.805 bits per heavy atom. The van der Waals surface area contributed by atoms with Crippen LogP contribution >= 0.6 is 23.5 Å². The number of carbonyl (C=O) groups is 3. The van der Waals surface area contributed by atoms with Crippen LogP contribution in [-0.2, 0) is 41.6 Å². The fraction of sp³-hybridized carbons (Fsp3) is 0.800. The van der Waals surface area contributed by atoms with Crippen molar-refractivity contribution in [1.82, 2.24) is 0 Å². The molecule has 0 aromatic carbocycles. The molecule has 0 saturated heterocycles. The Bertz CT molecular complexity index is 748. The average Bonchev–Trinajstić information content (AvgIpc) is 2.76. The molecule has 0 spiro atoms. The molecule has 6 N–H and O–H groups in total. The molecule has 0 radical (unpaired) electrons. The maximum Gasteiger partial charge on any atom is 3.00 e. The maximum atomic E-state index is 10.5. The number of rotatable bonds is 15. The first kappa shape index (κ1) is 50.3. The van der Waals surface area contributed by atoms with Crippen LogP contribution in [0.5, 0.6) is 0 Å². The van der Waals surface area contributed by atoms with E-state index in [1.165, 1.54) is 0 Å². The summed E-state index contributed by atoms with van der Waals surface area (Å²) in [5, 5.41) is 51.1. The summed E-state index contributed by atoms with van der Waals surface area (Å²) in [5.41, 5.74) is 0. The number of carbonyl (C=O) groups excluding carboxylic acids is 3. The van der Waals surface area contributed by atoms with Crippen molar-refractivity contribution in [2.24, 2.45) is 0 Å². The van der Waals surface area contributed by atoms with Crippen molar-refractivity contribution < 1.29 is 102 Å². The quantitative estimate of drug-likeness (QED) is 0.0686. The van der Waals surface area contributed by atoms with Gasteiger partial charge in [-0.15, -0.1) is 0 Å². The van der Waals surface area contributed by atoms with E-state index in [2.05, 4.69) is 13.6 Å². The largest absolute Gasteiger partial charge is 3.00 e. The zero-order valence-electron chi connectivity index (χ0n) is 20.9. The predicted molar refractivity (Wildman–Crippen MR) is 120 cm³/mol. The molecule has 3 atom stereocenters. The van der Waals surface area contributed by atoms with Gasteiger partial charge in [0.15, 0.2) is 0 Å². The molecule has 0 fully saturated rings. The molecule has 0 rings (SSSR count). The number of hydrogen-bond acceptors (Lipinski definition) is 21.